The highest BCUT2D eigenvalue weighted by Gasteiger charge is 2.20. The van der Waals surface area contributed by atoms with Crippen LogP contribution in [-0.2, 0) is 11.3 Å². The Labute approximate surface area is 148 Å². The molecule has 0 spiro atoms. The molecule has 3 rings (SSSR count). The van der Waals surface area contributed by atoms with E-state index in [0.29, 0.717) is 11.3 Å². The number of rotatable bonds is 6. The summed E-state index contributed by atoms with van der Waals surface area (Å²) in [4.78, 5) is 26.8. The Balaban J connectivity index is 1.81. The Morgan fingerprint density at radius 3 is 2.77 bits per heavy atom. The summed E-state index contributed by atoms with van der Waals surface area (Å²) in [7, 11) is 1.52. The smallest absolute Gasteiger partial charge is 0.338 e. The predicted octanol–water partition coefficient (Wildman–Crippen LogP) is 2.54. The average Bonchev–Trinajstić information content (AvgIpc) is 3.20. The zero-order chi connectivity index (χ0) is 18.5. The van der Waals surface area contributed by atoms with Crippen molar-refractivity contribution in [1.82, 2.24) is 14.8 Å². The molecule has 0 aliphatic rings. The number of ether oxygens (including phenoxy) is 2. The number of esters is 1. The van der Waals surface area contributed by atoms with Crippen molar-refractivity contribution in [3.63, 3.8) is 0 Å². The van der Waals surface area contributed by atoms with Gasteiger partial charge in [0.1, 0.15) is 30.7 Å². The first kappa shape index (κ1) is 17.1. The lowest BCUT2D eigenvalue weighted by Gasteiger charge is -2.09. The normalized spacial score (nSPS) is 10.3. The van der Waals surface area contributed by atoms with Gasteiger partial charge in [-0.25, -0.2) is 14.5 Å². The molecule has 9 nitrogen and oxygen atoms in total. The van der Waals surface area contributed by atoms with Crippen LogP contribution in [0.4, 0.5) is 5.69 Å². The third-order valence-corrected chi connectivity index (χ3v) is 3.62. The molecule has 0 amide bonds. The highest BCUT2D eigenvalue weighted by atomic mass is 16.6. The van der Waals surface area contributed by atoms with Gasteiger partial charge in [0.15, 0.2) is 0 Å². The van der Waals surface area contributed by atoms with Gasteiger partial charge in [-0.15, -0.1) is 0 Å². The summed E-state index contributed by atoms with van der Waals surface area (Å²) in [6.07, 6.45) is 2.60. The number of hydrogen-bond acceptors (Lipinski definition) is 7. The van der Waals surface area contributed by atoms with E-state index in [1.54, 1.807) is 24.3 Å². The molecule has 0 fully saturated rings. The Hall–Kier alpha value is -3.75. The summed E-state index contributed by atoms with van der Waals surface area (Å²) < 4.78 is 11.7. The minimum absolute atomic E-state index is 0.0124. The molecule has 0 N–H and O–H groups in total. The van der Waals surface area contributed by atoms with E-state index in [1.165, 1.54) is 36.6 Å². The zero-order valence-corrected chi connectivity index (χ0v) is 13.7. The van der Waals surface area contributed by atoms with Gasteiger partial charge in [0.25, 0.3) is 5.69 Å². The molecule has 3 aromatic rings. The number of carbonyl (C=O) groups is 1. The zero-order valence-electron chi connectivity index (χ0n) is 13.7. The Morgan fingerprint density at radius 1 is 1.27 bits per heavy atom. The molecular weight excluding hydrogens is 340 g/mol. The van der Waals surface area contributed by atoms with E-state index in [0.717, 1.165) is 6.07 Å². The van der Waals surface area contributed by atoms with E-state index < -0.39 is 10.9 Å². The fraction of sp³-hybridized carbons (Fsp3) is 0.118. The van der Waals surface area contributed by atoms with Crippen LogP contribution in [0.1, 0.15) is 15.9 Å². The predicted molar refractivity (Wildman–Crippen MR) is 90.1 cm³/mol. The standard InChI is InChI=1S/C17H14N4O5/c1-25-16-5-3-2-4-13(16)9-26-17(22)12-6-7-14(15(8-12)21(23)24)20-11-18-10-19-20/h2-8,10-11H,9H2,1H3. The number of para-hydroxylation sites is 1. The molecule has 0 unspecified atom stereocenters. The molecule has 0 bridgehead atoms. The van der Waals surface area contributed by atoms with Gasteiger partial charge in [0, 0.05) is 11.6 Å². The first-order chi connectivity index (χ1) is 12.6. The molecule has 2 aromatic carbocycles. The van der Waals surface area contributed by atoms with E-state index in [9.17, 15) is 14.9 Å². The van der Waals surface area contributed by atoms with Gasteiger partial charge < -0.3 is 9.47 Å². The van der Waals surface area contributed by atoms with Gasteiger partial charge >= 0.3 is 5.97 Å². The molecule has 0 saturated carbocycles. The van der Waals surface area contributed by atoms with Crippen LogP contribution in [0, 0.1) is 10.1 Å². The van der Waals surface area contributed by atoms with Gasteiger partial charge in [-0.05, 0) is 18.2 Å². The van der Waals surface area contributed by atoms with E-state index in [1.807, 2.05) is 0 Å². The van der Waals surface area contributed by atoms with Crippen molar-refractivity contribution in [2.75, 3.05) is 7.11 Å². The summed E-state index contributed by atoms with van der Waals surface area (Å²) >= 11 is 0. The quantitative estimate of drug-likeness (QED) is 0.380. The van der Waals surface area contributed by atoms with Crippen molar-refractivity contribution in [2.24, 2.45) is 0 Å². The van der Waals surface area contributed by atoms with Crippen molar-refractivity contribution in [2.45, 2.75) is 6.61 Å². The highest BCUT2D eigenvalue weighted by molar-refractivity contribution is 5.90. The van der Waals surface area contributed by atoms with E-state index >= 15 is 0 Å². The minimum Gasteiger partial charge on any atom is -0.496 e. The molecule has 1 heterocycles. The maximum Gasteiger partial charge on any atom is 0.338 e. The number of aromatic nitrogens is 3. The summed E-state index contributed by atoms with van der Waals surface area (Å²) in [5, 5.41) is 15.2. The van der Waals surface area contributed by atoms with Gasteiger partial charge in [-0.3, -0.25) is 10.1 Å². The molecule has 26 heavy (non-hydrogen) atoms. The summed E-state index contributed by atoms with van der Waals surface area (Å²) in [6.45, 7) is -0.0124. The highest BCUT2D eigenvalue weighted by Crippen LogP contribution is 2.24. The Bertz CT molecular complexity index is 940. The number of nitro groups is 1. The fourth-order valence-corrected chi connectivity index (χ4v) is 2.37. The van der Waals surface area contributed by atoms with Gasteiger partial charge in [0.2, 0.25) is 0 Å². The minimum atomic E-state index is -0.677. The SMILES string of the molecule is COc1ccccc1COC(=O)c1ccc(-n2cncn2)c([N+](=O)[O-])c1. The second kappa shape index (κ2) is 7.43. The second-order valence-corrected chi connectivity index (χ2v) is 5.19. The second-order valence-electron chi connectivity index (χ2n) is 5.19. The average molecular weight is 354 g/mol. The van der Waals surface area contributed by atoms with Crippen molar-refractivity contribution in [3.8, 4) is 11.4 Å². The largest absolute Gasteiger partial charge is 0.496 e. The summed E-state index contributed by atoms with van der Waals surface area (Å²) in [5.74, 6) is -0.0862. The molecule has 0 aliphatic carbocycles. The van der Waals surface area contributed by atoms with Gasteiger partial charge in [-0.1, -0.05) is 18.2 Å². The number of nitrogens with zero attached hydrogens (tertiary/aromatic N) is 4. The molecule has 1 aromatic heterocycles. The number of methoxy groups -OCH3 is 1. The first-order valence-corrected chi connectivity index (χ1v) is 7.52. The monoisotopic (exact) mass is 354 g/mol. The third-order valence-electron chi connectivity index (χ3n) is 3.62. The third kappa shape index (κ3) is 3.51. The molecule has 0 radical (unpaired) electrons. The molecule has 132 valence electrons. The summed E-state index contributed by atoms with van der Waals surface area (Å²) in [6, 6.07) is 11.1. The Kier molecular flexibility index (Phi) is 4.88. The number of nitro benzene ring substituents is 1. The maximum atomic E-state index is 12.3. The van der Waals surface area contributed by atoms with Crippen molar-refractivity contribution in [3.05, 3.63) is 76.4 Å². The lowest BCUT2D eigenvalue weighted by Crippen LogP contribution is -2.08. The lowest BCUT2D eigenvalue weighted by molar-refractivity contribution is -0.384. The lowest BCUT2D eigenvalue weighted by atomic mass is 10.1. The van der Waals surface area contributed by atoms with Crippen LogP contribution in [0.2, 0.25) is 0 Å². The van der Waals surface area contributed by atoms with Crippen molar-refractivity contribution < 1.29 is 19.2 Å². The van der Waals surface area contributed by atoms with Gasteiger partial charge in [0.05, 0.1) is 17.6 Å². The first-order valence-electron chi connectivity index (χ1n) is 7.52. The van der Waals surface area contributed by atoms with Crippen molar-refractivity contribution in [1.29, 1.82) is 0 Å². The maximum absolute atomic E-state index is 12.3. The van der Waals surface area contributed by atoms with Crippen LogP contribution >= 0.6 is 0 Å². The molecule has 0 atom stereocenters. The molecule has 9 heteroatoms. The molecule has 0 aliphatic heterocycles. The van der Waals surface area contributed by atoms with E-state index in [-0.39, 0.29) is 23.5 Å². The van der Waals surface area contributed by atoms with Crippen LogP contribution in [0.25, 0.3) is 5.69 Å². The molecular formula is C17H14N4O5. The van der Waals surface area contributed by atoms with Crippen LogP contribution in [0.15, 0.2) is 55.1 Å². The Morgan fingerprint density at radius 2 is 2.08 bits per heavy atom. The van der Waals surface area contributed by atoms with Crippen LogP contribution < -0.4 is 4.74 Å². The fourth-order valence-electron chi connectivity index (χ4n) is 2.37. The number of benzene rings is 2. The van der Waals surface area contributed by atoms with Crippen molar-refractivity contribution >= 4 is 11.7 Å². The van der Waals surface area contributed by atoms with Crippen LogP contribution in [-0.4, -0.2) is 32.8 Å². The number of hydrogen-bond donors (Lipinski definition) is 0. The summed E-state index contributed by atoms with van der Waals surface area (Å²) in [5.41, 5.74) is 0.684. The van der Waals surface area contributed by atoms with Crippen LogP contribution in [0.5, 0.6) is 5.75 Å². The molecule has 0 saturated heterocycles. The van der Waals surface area contributed by atoms with E-state index in [4.69, 9.17) is 9.47 Å². The van der Waals surface area contributed by atoms with Gasteiger partial charge in [-0.2, -0.15) is 5.10 Å². The van der Waals surface area contributed by atoms with E-state index in [2.05, 4.69) is 10.1 Å². The van der Waals surface area contributed by atoms with Crippen LogP contribution in [0.3, 0.4) is 0 Å². The number of carbonyl (C=O) groups excluding carboxylic acids is 1. The topological polar surface area (TPSA) is 109 Å².